The van der Waals surface area contributed by atoms with Gasteiger partial charge in [-0.05, 0) is 6.42 Å². The van der Waals surface area contributed by atoms with Crippen LogP contribution in [0.4, 0.5) is 0 Å². The fourth-order valence-corrected chi connectivity index (χ4v) is 0.409. The Bertz CT molecular complexity index is 156. The molecule has 3 nitrogen and oxygen atoms in total. The van der Waals surface area contributed by atoms with Crippen LogP contribution in [0.15, 0.2) is 17.3 Å². The zero-order chi connectivity index (χ0) is 8.15. The largest absolute Gasteiger partial charge is 0.505 e. The maximum absolute atomic E-state index is 8.85. The number of hydrogen-bond donors (Lipinski definition) is 2. The normalized spacial score (nSPS) is 14.9. The monoisotopic (exact) mass is 163 g/mol. The summed E-state index contributed by atoms with van der Waals surface area (Å²) < 4.78 is 0. The third-order valence-corrected chi connectivity index (χ3v) is 1.18. The quantitative estimate of drug-likeness (QED) is 0.489. The fraction of sp³-hybridized carbons (Fsp3) is 0.500. The van der Waals surface area contributed by atoms with E-state index in [0.29, 0.717) is 6.42 Å². The second-order valence-electron chi connectivity index (χ2n) is 1.76. The molecule has 0 radical (unpaired) electrons. The average Bonchev–Trinajstić information content (AvgIpc) is 1.87. The van der Waals surface area contributed by atoms with Gasteiger partial charge in [0.25, 0.3) is 0 Å². The molecule has 0 aliphatic rings. The smallest absolute Gasteiger partial charge is 0.167 e. The molecule has 0 saturated carbocycles. The van der Waals surface area contributed by atoms with Crippen LogP contribution in [0.5, 0.6) is 0 Å². The summed E-state index contributed by atoms with van der Waals surface area (Å²) in [5.41, 5.74) is 0. The Morgan fingerprint density at radius 1 is 1.80 bits per heavy atom. The standard InChI is InChI=1S/C6H10ClNO2/c1-3-5(10)8-6(7)4(2)9/h5,9-10H,2-3H2,1H3. The zero-order valence-electron chi connectivity index (χ0n) is 5.71. The van der Waals surface area contributed by atoms with E-state index in [2.05, 4.69) is 11.6 Å². The van der Waals surface area contributed by atoms with Gasteiger partial charge in [0.15, 0.2) is 5.17 Å². The van der Waals surface area contributed by atoms with Gasteiger partial charge in [0.2, 0.25) is 0 Å². The van der Waals surface area contributed by atoms with E-state index >= 15 is 0 Å². The van der Waals surface area contributed by atoms with Gasteiger partial charge in [-0.3, -0.25) is 0 Å². The third-order valence-electron chi connectivity index (χ3n) is 0.866. The number of rotatable bonds is 3. The number of hydrogen-bond acceptors (Lipinski definition) is 3. The third kappa shape index (κ3) is 3.48. The van der Waals surface area contributed by atoms with Gasteiger partial charge in [-0.2, -0.15) is 0 Å². The van der Waals surface area contributed by atoms with Crippen LogP contribution in [0, 0.1) is 0 Å². The molecule has 58 valence electrons. The zero-order valence-corrected chi connectivity index (χ0v) is 6.47. The van der Waals surface area contributed by atoms with Crippen molar-refractivity contribution in [2.24, 2.45) is 4.99 Å². The highest BCUT2D eigenvalue weighted by molar-refractivity contribution is 6.69. The van der Waals surface area contributed by atoms with Crippen LogP contribution >= 0.6 is 11.6 Å². The molecule has 0 aromatic carbocycles. The summed E-state index contributed by atoms with van der Waals surface area (Å²) in [4.78, 5) is 3.48. The summed E-state index contributed by atoms with van der Waals surface area (Å²) in [7, 11) is 0. The Balaban J connectivity index is 4.02. The van der Waals surface area contributed by atoms with E-state index in [1.807, 2.05) is 0 Å². The first-order valence-electron chi connectivity index (χ1n) is 2.87. The summed E-state index contributed by atoms with van der Waals surface area (Å²) in [6, 6.07) is 0. The summed E-state index contributed by atoms with van der Waals surface area (Å²) in [6.07, 6.45) is -0.389. The van der Waals surface area contributed by atoms with Crippen molar-refractivity contribution in [3.05, 3.63) is 12.3 Å². The van der Waals surface area contributed by atoms with E-state index in [-0.39, 0.29) is 10.9 Å². The predicted octanol–water partition coefficient (Wildman–Crippen LogP) is 1.42. The number of aliphatic imine (C=N–C) groups is 1. The Morgan fingerprint density at radius 3 is 2.60 bits per heavy atom. The number of allylic oxidation sites excluding steroid dienone is 1. The van der Waals surface area contributed by atoms with Crippen molar-refractivity contribution in [3.8, 4) is 0 Å². The fourth-order valence-electron chi connectivity index (χ4n) is 0.297. The molecule has 0 amide bonds. The molecule has 0 heterocycles. The molecule has 4 heteroatoms. The molecule has 1 unspecified atom stereocenters. The first kappa shape index (κ1) is 9.46. The molecule has 0 aromatic rings. The van der Waals surface area contributed by atoms with Crippen molar-refractivity contribution in [1.29, 1.82) is 0 Å². The van der Waals surface area contributed by atoms with E-state index in [9.17, 15) is 0 Å². The van der Waals surface area contributed by atoms with Gasteiger partial charge in [0.1, 0.15) is 12.0 Å². The summed E-state index contributed by atoms with van der Waals surface area (Å²) in [5.74, 6) is -0.325. The molecular formula is C6H10ClNO2. The molecule has 2 N–H and O–H groups in total. The Hall–Kier alpha value is -0.540. The molecule has 0 saturated heterocycles. The minimum Gasteiger partial charge on any atom is -0.505 e. The molecule has 0 aromatic heterocycles. The summed E-state index contributed by atoms with van der Waals surface area (Å²) >= 11 is 5.33. The number of nitrogens with zero attached hydrogens (tertiary/aromatic N) is 1. The van der Waals surface area contributed by atoms with Gasteiger partial charge < -0.3 is 10.2 Å². The van der Waals surface area contributed by atoms with Crippen molar-refractivity contribution in [1.82, 2.24) is 0 Å². The summed E-state index contributed by atoms with van der Waals surface area (Å²) in [5, 5.41) is 17.3. The Kier molecular flexibility index (Phi) is 4.07. The minimum absolute atomic E-state index is 0.144. The highest BCUT2D eigenvalue weighted by Gasteiger charge is 2.01. The maximum atomic E-state index is 8.85. The average molecular weight is 164 g/mol. The van der Waals surface area contributed by atoms with E-state index in [0.717, 1.165) is 0 Å². The molecule has 0 fully saturated rings. The van der Waals surface area contributed by atoms with E-state index in [1.165, 1.54) is 0 Å². The van der Waals surface area contributed by atoms with Gasteiger partial charge in [-0.15, -0.1) is 0 Å². The van der Waals surface area contributed by atoms with Crippen molar-refractivity contribution in [3.63, 3.8) is 0 Å². The lowest BCUT2D eigenvalue weighted by molar-refractivity contribution is 0.180. The van der Waals surface area contributed by atoms with Crippen LogP contribution in [-0.4, -0.2) is 21.6 Å². The summed E-state index contributed by atoms with van der Waals surface area (Å²) in [6.45, 7) is 4.87. The molecule has 0 rings (SSSR count). The first-order chi connectivity index (χ1) is 4.57. The lowest BCUT2D eigenvalue weighted by Crippen LogP contribution is -2.04. The topological polar surface area (TPSA) is 52.8 Å². The molecule has 0 spiro atoms. The van der Waals surface area contributed by atoms with Crippen molar-refractivity contribution in [2.45, 2.75) is 19.6 Å². The van der Waals surface area contributed by atoms with Gasteiger partial charge in [-0.1, -0.05) is 25.1 Å². The lowest BCUT2D eigenvalue weighted by Gasteiger charge is -2.00. The molecular weight excluding hydrogens is 154 g/mol. The van der Waals surface area contributed by atoms with Crippen molar-refractivity contribution < 1.29 is 10.2 Å². The number of aliphatic hydroxyl groups is 2. The predicted molar refractivity (Wildman–Crippen MR) is 41.4 cm³/mol. The molecule has 0 aliphatic carbocycles. The van der Waals surface area contributed by atoms with E-state index < -0.39 is 6.23 Å². The van der Waals surface area contributed by atoms with Gasteiger partial charge >= 0.3 is 0 Å². The minimum atomic E-state index is -0.851. The second-order valence-corrected chi connectivity index (χ2v) is 2.11. The molecule has 0 bridgehead atoms. The van der Waals surface area contributed by atoms with Crippen LogP contribution in [0.25, 0.3) is 0 Å². The van der Waals surface area contributed by atoms with Gasteiger partial charge in [0.05, 0.1) is 0 Å². The van der Waals surface area contributed by atoms with Crippen molar-refractivity contribution in [2.75, 3.05) is 0 Å². The maximum Gasteiger partial charge on any atom is 0.167 e. The highest BCUT2D eigenvalue weighted by Crippen LogP contribution is 2.00. The number of aliphatic hydroxyl groups excluding tert-OH is 2. The van der Waals surface area contributed by atoms with Crippen LogP contribution in [0.3, 0.4) is 0 Å². The van der Waals surface area contributed by atoms with Crippen LogP contribution in [-0.2, 0) is 0 Å². The molecule has 1 atom stereocenters. The first-order valence-corrected chi connectivity index (χ1v) is 3.25. The van der Waals surface area contributed by atoms with Gasteiger partial charge in [-0.25, -0.2) is 4.99 Å². The van der Waals surface area contributed by atoms with Gasteiger partial charge in [0, 0.05) is 0 Å². The van der Waals surface area contributed by atoms with E-state index in [4.69, 9.17) is 21.8 Å². The van der Waals surface area contributed by atoms with Crippen LogP contribution in [0.2, 0.25) is 0 Å². The second kappa shape index (κ2) is 4.30. The Morgan fingerprint density at radius 2 is 2.30 bits per heavy atom. The molecule has 0 aliphatic heterocycles. The van der Waals surface area contributed by atoms with Crippen LogP contribution in [0.1, 0.15) is 13.3 Å². The molecule has 10 heavy (non-hydrogen) atoms. The van der Waals surface area contributed by atoms with E-state index in [1.54, 1.807) is 6.92 Å². The number of halogens is 1. The SMILES string of the molecule is C=C(O)C(Cl)=NC(O)CC. The lowest BCUT2D eigenvalue weighted by atomic mass is 10.4. The van der Waals surface area contributed by atoms with Crippen LogP contribution < -0.4 is 0 Å². The van der Waals surface area contributed by atoms with Crippen molar-refractivity contribution >= 4 is 16.8 Å². The highest BCUT2D eigenvalue weighted by atomic mass is 35.5. The Labute approximate surface area is 64.7 Å².